The van der Waals surface area contributed by atoms with Crippen LogP contribution in [0.5, 0.6) is 0 Å². The van der Waals surface area contributed by atoms with E-state index in [1.54, 1.807) is 0 Å². The molecule has 0 saturated carbocycles. The summed E-state index contributed by atoms with van der Waals surface area (Å²) in [5.74, 6) is 0.129. The highest BCUT2D eigenvalue weighted by atomic mass is 35.5. The van der Waals surface area contributed by atoms with Crippen molar-refractivity contribution in [3.8, 4) is 16.9 Å². The monoisotopic (exact) mass is 513 g/mol. The lowest BCUT2D eigenvalue weighted by molar-refractivity contribution is -0.151. The first kappa shape index (κ1) is 24.3. The number of nitrogen functional groups attached to an aromatic ring is 1. The molecule has 170 valence electrons. The molecule has 3 rings (SSSR count). The van der Waals surface area contributed by atoms with E-state index in [2.05, 4.69) is 26.2 Å². The lowest BCUT2D eigenvalue weighted by Crippen LogP contribution is -2.17. The quantitative estimate of drug-likeness (QED) is 0.326. The first-order valence-electron chi connectivity index (χ1n) is 8.57. The van der Waals surface area contributed by atoms with Crippen LogP contribution in [0.4, 0.5) is 32.2 Å². The molecule has 0 atom stereocenters. The molecule has 0 aliphatic heterocycles. The van der Waals surface area contributed by atoms with Crippen LogP contribution in [0.1, 0.15) is 30.9 Å². The highest BCUT2D eigenvalue weighted by molar-refractivity contribution is 8.04. The van der Waals surface area contributed by atoms with Crippen molar-refractivity contribution in [1.29, 1.82) is 0 Å². The number of aromatic nitrogens is 4. The number of thioether (sulfide) groups is 1. The Bertz CT molecular complexity index is 1230. The molecule has 2 heterocycles. The second-order valence-corrected chi connectivity index (χ2v) is 8.77. The Hall–Kier alpha value is -2.36. The van der Waals surface area contributed by atoms with Crippen molar-refractivity contribution in [2.24, 2.45) is 0 Å². The van der Waals surface area contributed by atoms with E-state index in [1.165, 1.54) is 23.9 Å². The van der Waals surface area contributed by atoms with Crippen LogP contribution in [0.3, 0.4) is 0 Å². The van der Waals surface area contributed by atoms with Crippen molar-refractivity contribution >= 4 is 51.8 Å². The van der Waals surface area contributed by atoms with Crippen LogP contribution in [0.2, 0.25) is 10.0 Å². The van der Waals surface area contributed by atoms with E-state index in [9.17, 15) is 26.3 Å². The van der Waals surface area contributed by atoms with Gasteiger partial charge in [0.1, 0.15) is 11.5 Å². The number of fused-ring (bicyclic) bond motifs is 1. The first-order chi connectivity index (χ1) is 14.7. The second-order valence-electron chi connectivity index (χ2n) is 6.57. The molecule has 5 nitrogen and oxygen atoms in total. The van der Waals surface area contributed by atoms with Gasteiger partial charge in [0.25, 0.3) is 0 Å². The molecular formula is C18H11Cl2F6N5S. The highest BCUT2D eigenvalue weighted by Crippen LogP contribution is 2.40. The van der Waals surface area contributed by atoms with E-state index in [4.69, 9.17) is 28.9 Å². The number of nitrogens with zero attached hydrogens (tertiary/aromatic N) is 4. The summed E-state index contributed by atoms with van der Waals surface area (Å²) in [5, 5.41) is 5.70. The van der Waals surface area contributed by atoms with Gasteiger partial charge < -0.3 is 5.73 Å². The Morgan fingerprint density at radius 3 is 2.12 bits per heavy atom. The molecule has 0 fully saturated rings. The van der Waals surface area contributed by atoms with E-state index < -0.39 is 40.7 Å². The summed E-state index contributed by atoms with van der Waals surface area (Å²) < 4.78 is 80.1. The number of hydrogen-bond acceptors (Lipinski definition) is 5. The average Bonchev–Trinajstić information content (AvgIpc) is 2.95. The van der Waals surface area contributed by atoms with Crippen molar-refractivity contribution in [3.63, 3.8) is 0 Å². The maximum Gasteiger partial charge on any atom is 0.451 e. The summed E-state index contributed by atoms with van der Waals surface area (Å²) in [6.45, 7) is 3.88. The molecule has 0 unspecified atom stereocenters. The van der Waals surface area contributed by atoms with Crippen molar-refractivity contribution in [2.75, 3.05) is 5.73 Å². The van der Waals surface area contributed by atoms with E-state index in [1.807, 2.05) is 13.8 Å². The predicted molar refractivity (Wildman–Crippen MR) is 111 cm³/mol. The predicted octanol–water partition coefficient (Wildman–Crippen LogP) is 6.19. The third-order valence-corrected chi connectivity index (χ3v) is 5.08. The molecule has 1 aromatic carbocycles. The van der Waals surface area contributed by atoms with Crippen LogP contribution < -0.4 is 5.73 Å². The summed E-state index contributed by atoms with van der Waals surface area (Å²) in [4.78, 5) is 5.74. The molecule has 0 saturated heterocycles. The van der Waals surface area contributed by atoms with E-state index in [0.717, 1.165) is 0 Å². The number of hydrogen-bond donors (Lipinski definition) is 1. The molecule has 0 aliphatic rings. The fraction of sp³-hybridized carbons (Fsp3) is 0.278. The SMILES string of the molecule is CC(C)SC#Cc1cc(Cl)c(-n2nc3nc(C(F)(F)F)nc(C(F)(F)F)c3c2N)c(Cl)c1. The van der Waals surface area contributed by atoms with Crippen LogP contribution in [0, 0.1) is 11.2 Å². The van der Waals surface area contributed by atoms with Gasteiger partial charge in [-0.25, -0.2) is 14.6 Å². The Morgan fingerprint density at radius 1 is 1.03 bits per heavy atom. The van der Waals surface area contributed by atoms with E-state index >= 15 is 0 Å². The molecule has 3 aromatic rings. The lowest BCUT2D eigenvalue weighted by Gasteiger charge is -2.11. The highest BCUT2D eigenvalue weighted by Gasteiger charge is 2.43. The fourth-order valence-electron chi connectivity index (χ4n) is 2.56. The molecule has 2 N–H and O–H groups in total. The summed E-state index contributed by atoms with van der Waals surface area (Å²) in [7, 11) is 0. The number of alkyl halides is 6. The Morgan fingerprint density at radius 2 is 1.62 bits per heavy atom. The molecule has 0 amide bonds. The zero-order valence-electron chi connectivity index (χ0n) is 16.0. The smallest absolute Gasteiger partial charge is 0.383 e. The molecule has 0 radical (unpaired) electrons. The molecular weight excluding hydrogens is 503 g/mol. The largest absolute Gasteiger partial charge is 0.451 e. The normalized spacial score (nSPS) is 12.3. The minimum atomic E-state index is -5.26. The van der Waals surface area contributed by atoms with Crippen LogP contribution in [-0.2, 0) is 12.4 Å². The van der Waals surface area contributed by atoms with Gasteiger partial charge in [0.05, 0.1) is 15.4 Å². The third-order valence-electron chi connectivity index (χ3n) is 3.81. The Kier molecular flexibility index (Phi) is 6.48. The van der Waals surface area contributed by atoms with Crippen molar-refractivity contribution < 1.29 is 26.3 Å². The van der Waals surface area contributed by atoms with Crippen molar-refractivity contribution in [3.05, 3.63) is 39.3 Å². The third kappa shape index (κ3) is 4.84. The van der Waals surface area contributed by atoms with Crippen LogP contribution in [0.15, 0.2) is 12.1 Å². The topological polar surface area (TPSA) is 69.6 Å². The Labute approximate surface area is 191 Å². The van der Waals surface area contributed by atoms with Crippen molar-refractivity contribution in [2.45, 2.75) is 31.5 Å². The molecule has 32 heavy (non-hydrogen) atoms. The fourth-order valence-corrected chi connectivity index (χ4v) is 3.62. The first-order valence-corrected chi connectivity index (χ1v) is 10.2. The Balaban J connectivity index is 2.24. The minimum absolute atomic E-state index is 0.0894. The number of nitrogens with two attached hydrogens (primary N) is 1. The van der Waals surface area contributed by atoms with Crippen LogP contribution in [-0.4, -0.2) is 25.0 Å². The zero-order valence-corrected chi connectivity index (χ0v) is 18.4. The van der Waals surface area contributed by atoms with Gasteiger partial charge in [-0.2, -0.15) is 26.3 Å². The zero-order chi connectivity index (χ0) is 24.0. The van der Waals surface area contributed by atoms with Crippen molar-refractivity contribution in [1.82, 2.24) is 19.7 Å². The lowest BCUT2D eigenvalue weighted by atomic mass is 10.2. The van der Waals surface area contributed by atoms with E-state index in [0.29, 0.717) is 10.2 Å². The summed E-state index contributed by atoms with van der Waals surface area (Å²) in [5.41, 5.74) is 3.28. The minimum Gasteiger partial charge on any atom is -0.383 e. The molecule has 0 spiro atoms. The molecule has 0 aliphatic carbocycles. The summed E-state index contributed by atoms with van der Waals surface area (Å²) >= 11 is 13.8. The standard InChI is InChI=1S/C18H11Cl2F6N5S/c1-7(2)32-4-3-8-5-9(19)12(10(20)6-8)31-14(27)11-13(17(21,22)23)28-16(18(24,25)26)29-15(11)30-31/h5-7H,27H2,1-2H3. The van der Waals surface area contributed by atoms with Gasteiger partial charge in [-0.05, 0) is 17.4 Å². The summed E-state index contributed by atoms with van der Waals surface area (Å²) in [6.07, 6.45) is -10.5. The molecule has 14 heteroatoms. The van der Waals surface area contributed by atoms with Gasteiger partial charge >= 0.3 is 12.4 Å². The number of halogens is 8. The maximum atomic E-state index is 13.4. The van der Waals surface area contributed by atoms with Crippen LogP contribution in [0.25, 0.3) is 16.7 Å². The molecule has 0 bridgehead atoms. The number of anilines is 1. The average molecular weight is 514 g/mol. The summed E-state index contributed by atoms with van der Waals surface area (Å²) in [6, 6.07) is 2.75. The van der Waals surface area contributed by atoms with Crippen LogP contribution >= 0.6 is 35.0 Å². The van der Waals surface area contributed by atoms with Gasteiger partial charge in [-0.15, -0.1) is 5.10 Å². The number of rotatable bonds is 2. The van der Waals surface area contributed by atoms with Gasteiger partial charge in [0.2, 0.25) is 5.82 Å². The maximum absolute atomic E-state index is 13.4. The molecule has 2 aromatic heterocycles. The van der Waals surface area contributed by atoms with Gasteiger partial charge in [-0.3, -0.25) is 0 Å². The van der Waals surface area contributed by atoms with Gasteiger partial charge in [0.15, 0.2) is 11.3 Å². The van der Waals surface area contributed by atoms with Gasteiger partial charge in [-0.1, -0.05) is 54.7 Å². The van der Waals surface area contributed by atoms with Gasteiger partial charge in [0, 0.05) is 10.8 Å². The van der Waals surface area contributed by atoms with E-state index in [-0.39, 0.29) is 21.0 Å². The number of benzene rings is 1. The second kappa shape index (κ2) is 8.53.